The summed E-state index contributed by atoms with van der Waals surface area (Å²) in [5.41, 5.74) is 0.990. The van der Waals surface area contributed by atoms with E-state index in [0.717, 1.165) is 16.3 Å². The third-order valence-corrected chi connectivity index (χ3v) is 10.3. The zero-order chi connectivity index (χ0) is 17.3. The monoisotopic (exact) mass is 354 g/mol. The Morgan fingerprint density at radius 2 is 1.83 bits per heavy atom. The summed E-state index contributed by atoms with van der Waals surface area (Å²) >= 11 is 0. The summed E-state index contributed by atoms with van der Waals surface area (Å²) in [6.07, 6.45) is 1.86. The molecule has 1 aliphatic rings. The summed E-state index contributed by atoms with van der Waals surface area (Å²) in [6, 6.07) is 7.72. The molecule has 0 amide bonds. The second kappa shape index (κ2) is 6.94. The zero-order valence-corrected chi connectivity index (χ0v) is 16.7. The molecule has 1 aliphatic heterocycles. The van der Waals surface area contributed by atoms with Gasteiger partial charge in [-0.2, -0.15) is 0 Å². The van der Waals surface area contributed by atoms with E-state index < -0.39 is 15.7 Å². The Kier molecular flexibility index (Phi) is 5.57. The number of hydrogen-bond acceptors (Lipinski definition) is 4. The molecule has 2 rings (SSSR count). The van der Waals surface area contributed by atoms with Gasteiger partial charge in [-0.05, 0) is 24.6 Å². The number of ether oxygens (including phenoxy) is 1. The molecule has 0 aliphatic carbocycles. The van der Waals surface area contributed by atoms with Crippen LogP contribution < -0.4 is 4.74 Å². The lowest BCUT2D eigenvalue weighted by Crippen LogP contribution is -2.30. The highest BCUT2D eigenvalue weighted by molar-refractivity contribution is 7.62. The molecule has 23 heavy (non-hydrogen) atoms. The van der Waals surface area contributed by atoms with Crippen LogP contribution in [0.5, 0.6) is 5.75 Å². The zero-order valence-electron chi connectivity index (χ0n) is 14.8. The Hall–Kier alpha value is -0.873. The van der Waals surface area contributed by atoms with Crippen molar-refractivity contribution in [1.29, 1.82) is 0 Å². The highest BCUT2D eigenvalue weighted by Crippen LogP contribution is 2.65. The first-order chi connectivity index (χ1) is 10.7. The van der Waals surface area contributed by atoms with Crippen molar-refractivity contribution < 1.29 is 18.3 Å². The fourth-order valence-electron chi connectivity index (χ4n) is 2.82. The molecule has 1 aromatic carbocycles. The van der Waals surface area contributed by atoms with Gasteiger partial charge in [0.25, 0.3) is 0 Å². The quantitative estimate of drug-likeness (QED) is 0.525. The molecule has 0 saturated carbocycles. The summed E-state index contributed by atoms with van der Waals surface area (Å²) < 4.78 is 30.3. The first-order valence-electron chi connectivity index (χ1n) is 8.01. The standard InChI is InChI=1S/C17H27O4PSi/c1-7-20-22(18)16(23(4,5)6)12-13(2)17(21-22)14-8-10-15(19-3)11-9-14/h8-13,17H,7H2,1-6H3/t13-,17-,22?/m0/s1. The van der Waals surface area contributed by atoms with Crippen molar-refractivity contribution in [2.45, 2.75) is 39.6 Å². The summed E-state index contributed by atoms with van der Waals surface area (Å²) in [6.45, 7) is 10.9. The molecular weight excluding hydrogens is 327 g/mol. The number of benzene rings is 1. The van der Waals surface area contributed by atoms with Crippen LogP contribution >= 0.6 is 7.60 Å². The number of rotatable bonds is 5. The van der Waals surface area contributed by atoms with E-state index in [1.54, 1.807) is 7.11 Å². The third kappa shape index (κ3) is 3.97. The molecule has 1 heterocycles. The molecule has 6 heteroatoms. The first-order valence-corrected chi connectivity index (χ1v) is 13.1. The molecule has 0 fully saturated rings. The van der Waals surface area contributed by atoms with Gasteiger partial charge in [-0.3, -0.25) is 9.09 Å². The maximum atomic E-state index is 13.4. The van der Waals surface area contributed by atoms with Gasteiger partial charge in [0.1, 0.15) is 5.75 Å². The second-order valence-electron chi connectivity index (χ2n) is 6.88. The lowest BCUT2D eigenvalue weighted by molar-refractivity contribution is 0.122. The normalized spacial score (nSPS) is 28.3. The van der Waals surface area contributed by atoms with Crippen LogP contribution in [0.1, 0.15) is 25.5 Å². The largest absolute Gasteiger partial charge is 0.497 e. The minimum Gasteiger partial charge on any atom is -0.497 e. The van der Waals surface area contributed by atoms with Crippen LogP contribution in [-0.2, 0) is 13.6 Å². The Balaban J connectivity index is 2.41. The van der Waals surface area contributed by atoms with Crippen LogP contribution in [0, 0.1) is 5.92 Å². The van der Waals surface area contributed by atoms with E-state index in [1.165, 1.54) is 0 Å². The van der Waals surface area contributed by atoms with E-state index in [4.69, 9.17) is 13.8 Å². The molecule has 4 nitrogen and oxygen atoms in total. The van der Waals surface area contributed by atoms with Crippen molar-refractivity contribution >= 4 is 15.7 Å². The SMILES string of the molecule is CCOP1(=O)O[C@H](c2ccc(OC)cc2)[C@@H](C)C=C1[Si](C)(C)C. The van der Waals surface area contributed by atoms with Crippen LogP contribution in [0.2, 0.25) is 19.6 Å². The van der Waals surface area contributed by atoms with Gasteiger partial charge in [-0.1, -0.05) is 44.8 Å². The fourth-order valence-corrected chi connectivity index (χ4v) is 8.90. The summed E-state index contributed by atoms with van der Waals surface area (Å²) in [4.78, 5) is 0.907. The van der Waals surface area contributed by atoms with Crippen LogP contribution in [0.3, 0.4) is 0 Å². The van der Waals surface area contributed by atoms with E-state index in [-0.39, 0.29) is 12.0 Å². The van der Waals surface area contributed by atoms with Crippen molar-refractivity contribution in [1.82, 2.24) is 0 Å². The average molecular weight is 354 g/mol. The van der Waals surface area contributed by atoms with Crippen molar-refractivity contribution in [3.8, 4) is 5.75 Å². The summed E-state index contributed by atoms with van der Waals surface area (Å²) in [5, 5.41) is 0. The minimum atomic E-state index is -3.23. The lowest BCUT2D eigenvalue weighted by Gasteiger charge is -2.37. The molecule has 128 valence electrons. The van der Waals surface area contributed by atoms with Gasteiger partial charge in [0.15, 0.2) is 0 Å². The Labute approximate surface area is 140 Å². The molecule has 3 atom stereocenters. The van der Waals surface area contributed by atoms with Gasteiger partial charge in [0.05, 0.1) is 27.9 Å². The maximum absolute atomic E-state index is 13.4. The van der Waals surface area contributed by atoms with Crippen molar-refractivity contribution in [2.75, 3.05) is 13.7 Å². The summed E-state index contributed by atoms with van der Waals surface area (Å²) in [7, 11) is -3.38. The fraction of sp³-hybridized carbons (Fsp3) is 0.529. The van der Waals surface area contributed by atoms with Crippen molar-refractivity contribution in [3.63, 3.8) is 0 Å². The minimum absolute atomic E-state index is 0.146. The smallest absolute Gasteiger partial charge is 0.353 e. The number of methoxy groups -OCH3 is 1. The molecule has 1 unspecified atom stereocenters. The van der Waals surface area contributed by atoms with E-state index in [2.05, 4.69) is 32.6 Å². The highest BCUT2D eigenvalue weighted by Gasteiger charge is 2.45. The first kappa shape index (κ1) is 18.5. The topological polar surface area (TPSA) is 44.8 Å². The summed E-state index contributed by atoms with van der Waals surface area (Å²) in [5.74, 6) is 0.941. The average Bonchev–Trinajstić information content (AvgIpc) is 2.49. The van der Waals surface area contributed by atoms with Crippen LogP contribution in [0.15, 0.2) is 35.3 Å². The molecule has 0 spiro atoms. The van der Waals surface area contributed by atoms with E-state index in [1.807, 2.05) is 31.2 Å². The lowest BCUT2D eigenvalue weighted by atomic mass is 9.97. The molecule has 1 aromatic rings. The van der Waals surface area contributed by atoms with Crippen LogP contribution in [0.4, 0.5) is 0 Å². The second-order valence-corrected chi connectivity index (χ2v) is 14.3. The van der Waals surface area contributed by atoms with Crippen LogP contribution in [-0.4, -0.2) is 21.8 Å². The Morgan fingerprint density at radius 1 is 1.22 bits per heavy atom. The van der Waals surface area contributed by atoms with Crippen LogP contribution in [0.25, 0.3) is 0 Å². The Morgan fingerprint density at radius 3 is 2.30 bits per heavy atom. The van der Waals surface area contributed by atoms with E-state index in [9.17, 15) is 4.57 Å². The molecule has 0 N–H and O–H groups in total. The van der Waals surface area contributed by atoms with Gasteiger partial charge >= 0.3 is 7.60 Å². The predicted octanol–water partition coefficient (Wildman–Crippen LogP) is 5.39. The van der Waals surface area contributed by atoms with Gasteiger partial charge in [-0.15, -0.1) is 0 Å². The van der Waals surface area contributed by atoms with E-state index >= 15 is 0 Å². The van der Waals surface area contributed by atoms with Crippen molar-refractivity contribution in [2.24, 2.45) is 5.92 Å². The van der Waals surface area contributed by atoms with Gasteiger partial charge < -0.3 is 9.26 Å². The highest BCUT2D eigenvalue weighted by atomic mass is 31.2. The molecule has 0 bridgehead atoms. The third-order valence-electron chi connectivity index (χ3n) is 3.96. The molecular formula is C17H27O4PSi. The maximum Gasteiger partial charge on any atom is 0.353 e. The molecule has 0 radical (unpaired) electrons. The van der Waals surface area contributed by atoms with Gasteiger partial charge in [-0.25, -0.2) is 0 Å². The number of hydrogen-bond donors (Lipinski definition) is 0. The van der Waals surface area contributed by atoms with Crippen molar-refractivity contribution in [3.05, 3.63) is 40.8 Å². The van der Waals surface area contributed by atoms with E-state index in [0.29, 0.717) is 6.61 Å². The van der Waals surface area contributed by atoms with Gasteiger partial charge in [0.2, 0.25) is 0 Å². The van der Waals surface area contributed by atoms with Gasteiger partial charge in [0, 0.05) is 10.9 Å². The molecule has 0 saturated heterocycles. The Bertz CT molecular complexity index is 618. The molecule has 0 aromatic heterocycles. The predicted molar refractivity (Wildman–Crippen MR) is 96.6 cm³/mol.